The van der Waals surface area contributed by atoms with Crippen molar-refractivity contribution in [2.75, 3.05) is 0 Å². The Bertz CT molecular complexity index is 420. The Labute approximate surface area is 108 Å². The first-order valence-electron chi connectivity index (χ1n) is 5.26. The molecule has 0 bridgehead atoms. The van der Waals surface area contributed by atoms with Gasteiger partial charge in [0.2, 0.25) is 5.91 Å². The third kappa shape index (κ3) is 4.56. The summed E-state index contributed by atoms with van der Waals surface area (Å²) in [6.07, 6.45) is -0.140. The second-order valence-electron chi connectivity index (χ2n) is 3.70. The van der Waals surface area contributed by atoms with Gasteiger partial charge in [0.1, 0.15) is 0 Å². The maximum atomic E-state index is 11.5. The lowest BCUT2D eigenvalue weighted by molar-refractivity contribution is -0.138. The molecule has 0 aliphatic heterocycles. The predicted octanol–water partition coefficient (Wildman–Crippen LogP) is 2.49. The lowest BCUT2D eigenvalue weighted by Crippen LogP contribution is -2.27. The average molecular weight is 300 g/mol. The van der Waals surface area contributed by atoms with E-state index in [0.29, 0.717) is 0 Å². The molecule has 0 aromatic heterocycles. The number of carboxylic acids is 1. The van der Waals surface area contributed by atoms with Gasteiger partial charge < -0.3 is 10.4 Å². The van der Waals surface area contributed by atoms with Crippen LogP contribution < -0.4 is 5.32 Å². The van der Waals surface area contributed by atoms with Gasteiger partial charge in [0.05, 0.1) is 12.5 Å². The van der Waals surface area contributed by atoms with Gasteiger partial charge in [-0.25, -0.2) is 0 Å². The summed E-state index contributed by atoms with van der Waals surface area (Å²) in [5.41, 5.74) is 0.969. The zero-order valence-electron chi connectivity index (χ0n) is 9.44. The molecular weight excluding hydrogens is 286 g/mol. The first-order chi connectivity index (χ1) is 8.00. The Morgan fingerprint density at radius 1 is 1.35 bits per heavy atom. The third-order valence-electron chi connectivity index (χ3n) is 2.32. The zero-order valence-corrected chi connectivity index (χ0v) is 11.0. The Kier molecular flexibility index (Phi) is 5.15. The van der Waals surface area contributed by atoms with E-state index in [-0.39, 0.29) is 24.8 Å². The van der Waals surface area contributed by atoms with Crippen LogP contribution in [0.5, 0.6) is 0 Å². The van der Waals surface area contributed by atoms with E-state index in [4.69, 9.17) is 5.11 Å². The van der Waals surface area contributed by atoms with Crippen molar-refractivity contribution in [3.05, 3.63) is 34.3 Å². The number of hydrogen-bond acceptors (Lipinski definition) is 2. The molecule has 0 fully saturated rings. The minimum absolute atomic E-state index is 0.00409. The summed E-state index contributed by atoms with van der Waals surface area (Å²) >= 11 is 3.40. The van der Waals surface area contributed by atoms with Crippen LogP contribution in [0.4, 0.5) is 0 Å². The standard InChI is InChI=1S/C12H14BrNO3/c1-8(9-4-2-3-5-10(9)13)14-11(15)6-7-12(16)17/h2-5,8H,6-7H2,1H3,(H,14,15)(H,16,17)/t8-/m1/s1. The van der Waals surface area contributed by atoms with Gasteiger partial charge in [0.15, 0.2) is 0 Å². The Morgan fingerprint density at radius 3 is 2.59 bits per heavy atom. The van der Waals surface area contributed by atoms with Gasteiger partial charge in [0.25, 0.3) is 0 Å². The fourth-order valence-electron chi connectivity index (χ4n) is 1.44. The van der Waals surface area contributed by atoms with Crippen LogP contribution in [-0.2, 0) is 9.59 Å². The first kappa shape index (κ1) is 13.7. The van der Waals surface area contributed by atoms with Crippen molar-refractivity contribution in [2.45, 2.75) is 25.8 Å². The van der Waals surface area contributed by atoms with Crippen molar-refractivity contribution in [1.82, 2.24) is 5.32 Å². The highest BCUT2D eigenvalue weighted by molar-refractivity contribution is 9.10. The van der Waals surface area contributed by atoms with E-state index in [9.17, 15) is 9.59 Å². The van der Waals surface area contributed by atoms with Crippen molar-refractivity contribution in [3.8, 4) is 0 Å². The summed E-state index contributed by atoms with van der Waals surface area (Å²) in [5, 5.41) is 11.2. The molecule has 4 nitrogen and oxygen atoms in total. The van der Waals surface area contributed by atoms with Crippen LogP contribution in [0.25, 0.3) is 0 Å². The minimum Gasteiger partial charge on any atom is -0.481 e. The number of carbonyl (C=O) groups is 2. The lowest BCUT2D eigenvalue weighted by Gasteiger charge is -2.15. The number of nitrogens with one attached hydrogen (secondary N) is 1. The third-order valence-corrected chi connectivity index (χ3v) is 3.04. The molecule has 1 amide bonds. The van der Waals surface area contributed by atoms with Gasteiger partial charge in [-0.1, -0.05) is 34.1 Å². The smallest absolute Gasteiger partial charge is 0.303 e. The predicted molar refractivity (Wildman–Crippen MR) is 67.6 cm³/mol. The molecule has 92 valence electrons. The summed E-state index contributed by atoms with van der Waals surface area (Å²) < 4.78 is 0.922. The molecule has 0 saturated heterocycles. The number of aliphatic carboxylic acids is 1. The normalized spacial score (nSPS) is 11.9. The topological polar surface area (TPSA) is 66.4 Å². The quantitative estimate of drug-likeness (QED) is 0.878. The van der Waals surface area contributed by atoms with E-state index in [2.05, 4.69) is 21.2 Å². The maximum Gasteiger partial charge on any atom is 0.303 e. The number of rotatable bonds is 5. The van der Waals surface area contributed by atoms with Crippen LogP contribution in [0.3, 0.4) is 0 Å². The Morgan fingerprint density at radius 2 is 2.00 bits per heavy atom. The molecule has 0 radical (unpaired) electrons. The molecule has 0 saturated carbocycles. The van der Waals surface area contributed by atoms with Crippen molar-refractivity contribution >= 4 is 27.8 Å². The molecule has 1 aromatic carbocycles. The van der Waals surface area contributed by atoms with Gasteiger partial charge in [0, 0.05) is 10.9 Å². The molecule has 0 aliphatic carbocycles. The summed E-state index contributed by atoms with van der Waals surface area (Å²) in [5.74, 6) is -1.22. The monoisotopic (exact) mass is 299 g/mol. The number of halogens is 1. The average Bonchev–Trinajstić information content (AvgIpc) is 2.26. The Hall–Kier alpha value is -1.36. The van der Waals surface area contributed by atoms with Crippen LogP contribution in [0, 0.1) is 0 Å². The summed E-state index contributed by atoms with van der Waals surface area (Å²) in [6.45, 7) is 1.86. The fraction of sp³-hybridized carbons (Fsp3) is 0.333. The Balaban J connectivity index is 2.55. The summed E-state index contributed by atoms with van der Waals surface area (Å²) in [6, 6.07) is 7.44. The molecule has 2 N–H and O–H groups in total. The van der Waals surface area contributed by atoms with Crippen LogP contribution in [0.2, 0.25) is 0 Å². The number of benzene rings is 1. The van der Waals surface area contributed by atoms with Crippen molar-refractivity contribution < 1.29 is 14.7 Å². The molecule has 1 atom stereocenters. The van der Waals surface area contributed by atoms with Crippen LogP contribution in [0.15, 0.2) is 28.7 Å². The highest BCUT2D eigenvalue weighted by Crippen LogP contribution is 2.22. The number of carboxylic acid groups (broad SMARTS) is 1. The van der Waals surface area contributed by atoms with Crippen molar-refractivity contribution in [1.29, 1.82) is 0 Å². The SMILES string of the molecule is C[C@@H](NC(=O)CCC(=O)O)c1ccccc1Br. The van der Waals surface area contributed by atoms with E-state index in [0.717, 1.165) is 10.0 Å². The molecule has 1 rings (SSSR count). The zero-order chi connectivity index (χ0) is 12.8. The van der Waals surface area contributed by atoms with Gasteiger partial charge in [-0.05, 0) is 18.6 Å². The van der Waals surface area contributed by atoms with Crippen molar-refractivity contribution in [2.24, 2.45) is 0 Å². The number of amides is 1. The first-order valence-corrected chi connectivity index (χ1v) is 6.05. The number of carbonyl (C=O) groups excluding carboxylic acids is 1. The van der Waals surface area contributed by atoms with Crippen LogP contribution >= 0.6 is 15.9 Å². The molecule has 0 aliphatic rings. The van der Waals surface area contributed by atoms with Crippen LogP contribution in [0.1, 0.15) is 31.4 Å². The van der Waals surface area contributed by atoms with Crippen LogP contribution in [-0.4, -0.2) is 17.0 Å². The van der Waals surface area contributed by atoms with Gasteiger partial charge in [-0.3, -0.25) is 9.59 Å². The van der Waals surface area contributed by atoms with Gasteiger partial charge in [-0.15, -0.1) is 0 Å². The molecule has 1 aromatic rings. The van der Waals surface area contributed by atoms with E-state index < -0.39 is 5.97 Å². The van der Waals surface area contributed by atoms with Crippen molar-refractivity contribution in [3.63, 3.8) is 0 Å². The highest BCUT2D eigenvalue weighted by Gasteiger charge is 2.12. The van der Waals surface area contributed by atoms with Gasteiger partial charge in [-0.2, -0.15) is 0 Å². The summed E-state index contributed by atoms with van der Waals surface area (Å²) in [4.78, 5) is 21.8. The largest absolute Gasteiger partial charge is 0.481 e. The van der Waals surface area contributed by atoms with Gasteiger partial charge >= 0.3 is 5.97 Å². The second-order valence-corrected chi connectivity index (χ2v) is 4.56. The lowest BCUT2D eigenvalue weighted by atomic mass is 10.1. The molecule has 17 heavy (non-hydrogen) atoms. The van der Waals surface area contributed by atoms with E-state index in [1.54, 1.807) is 0 Å². The molecular formula is C12H14BrNO3. The highest BCUT2D eigenvalue weighted by atomic mass is 79.9. The minimum atomic E-state index is -0.964. The summed E-state index contributed by atoms with van der Waals surface area (Å²) in [7, 11) is 0. The number of hydrogen-bond donors (Lipinski definition) is 2. The second kappa shape index (κ2) is 6.39. The fourth-order valence-corrected chi connectivity index (χ4v) is 2.07. The molecule has 0 heterocycles. The molecule has 5 heteroatoms. The van der Waals surface area contributed by atoms with E-state index in [1.807, 2.05) is 31.2 Å². The molecule has 0 spiro atoms. The van der Waals surface area contributed by atoms with E-state index in [1.165, 1.54) is 0 Å². The van der Waals surface area contributed by atoms with E-state index >= 15 is 0 Å². The molecule has 0 unspecified atom stereocenters. The maximum absolute atomic E-state index is 11.5.